The molecule has 1 aliphatic carbocycles. The Hall–Kier alpha value is -2.23. The molecule has 0 radical (unpaired) electrons. The zero-order chi connectivity index (χ0) is 19.9. The number of carbonyl (C=O) groups excluding carboxylic acids is 2. The van der Waals surface area contributed by atoms with E-state index in [0.717, 1.165) is 42.5 Å². The van der Waals surface area contributed by atoms with E-state index in [-0.39, 0.29) is 4.90 Å². The summed E-state index contributed by atoms with van der Waals surface area (Å²) in [6, 6.07) is 5.88. The van der Waals surface area contributed by atoms with Gasteiger partial charge in [-0.05, 0) is 61.9 Å². The highest BCUT2D eigenvalue weighted by Gasteiger charge is 2.28. The number of primary amides is 1. The summed E-state index contributed by atoms with van der Waals surface area (Å²) in [5.41, 5.74) is 7.19. The first-order chi connectivity index (χ1) is 13.4. The highest BCUT2D eigenvalue weighted by molar-refractivity contribution is 7.89. The Morgan fingerprint density at radius 2 is 1.71 bits per heavy atom. The number of hydrogen-bond acceptors (Lipinski definition) is 5. The second-order valence-electron chi connectivity index (χ2n) is 7.02. The Balaban J connectivity index is 1.54. The molecule has 2 aromatic rings. The lowest BCUT2D eigenvalue weighted by molar-refractivity contribution is 0.100. The number of benzene rings is 1. The van der Waals surface area contributed by atoms with Crippen molar-refractivity contribution in [2.24, 2.45) is 5.73 Å². The van der Waals surface area contributed by atoms with Gasteiger partial charge in [0, 0.05) is 23.5 Å². The molecule has 9 heteroatoms. The van der Waals surface area contributed by atoms with Crippen molar-refractivity contribution in [3.8, 4) is 0 Å². The lowest BCUT2D eigenvalue weighted by Gasteiger charge is -2.15. The van der Waals surface area contributed by atoms with E-state index >= 15 is 0 Å². The number of carbonyl (C=O) groups is 2. The number of hydrogen-bond donors (Lipinski definition) is 2. The SMILES string of the molecule is NC(=O)c1c(NC(=O)c2ccc(S(=O)(=O)N3CCCC3)cc2)sc2c1CCC2. The third-order valence-electron chi connectivity index (χ3n) is 5.21. The molecule has 1 fully saturated rings. The number of amides is 2. The summed E-state index contributed by atoms with van der Waals surface area (Å²) >= 11 is 1.39. The van der Waals surface area contributed by atoms with Crippen molar-refractivity contribution >= 4 is 38.2 Å². The molecule has 1 saturated heterocycles. The maximum atomic E-state index is 12.6. The summed E-state index contributed by atoms with van der Waals surface area (Å²) in [5, 5.41) is 3.24. The van der Waals surface area contributed by atoms with Crippen LogP contribution < -0.4 is 11.1 Å². The molecule has 148 valence electrons. The number of rotatable bonds is 5. The van der Waals surface area contributed by atoms with Gasteiger partial charge >= 0.3 is 0 Å². The molecule has 2 heterocycles. The lowest BCUT2D eigenvalue weighted by atomic mass is 10.1. The van der Waals surface area contributed by atoms with Crippen LogP contribution in [0.4, 0.5) is 5.00 Å². The molecular weight excluding hydrogens is 398 g/mol. The number of thiophene rings is 1. The third kappa shape index (κ3) is 3.34. The molecule has 7 nitrogen and oxygen atoms in total. The fraction of sp³-hybridized carbons (Fsp3) is 0.368. The van der Waals surface area contributed by atoms with Gasteiger partial charge in [0.25, 0.3) is 11.8 Å². The molecule has 1 aliphatic heterocycles. The zero-order valence-corrected chi connectivity index (χ0v) is 16.9. The van der Waals surface area contributed by atoms with E-state index < -0.39 is 21.8 Å². The van der Waals surface area contributed by atoms with Crippen molar-refractivity contribution in [1.29, 1.82) is 0 Å². The summed E-state index contributed by atoms with van der Waals surface area (Å²) < 4.78 is 26.6. The van der Waals surface area contributed by atoms with E-state index in [2.05, 4.69) is 5.32 Å². The molecule has 0 unspecified atom stereocenters. The van der Waals surface area contributed by atoms with Crippen LogP contribution in [0.5, 0.6) is 0 Å². The number of nitrogens with zero attached hydrogens (tertiary/aromatic N) is 1. The maximum Gasteiger partial charge on any atom is 0.256 e. The molecule has 0 saturated carbocycles. The van der Waals surface area contributed by atoms with Crippen LogP contribution in [-0.4, -0.2) is 37.6 Å². The monoisotopic (exact) mass is 419 g/mol. The van der Waals surface area contributed by atoms with Crippen molar-refractivity contribution in [2.75, 3.05) is 18.4 Å². The van der Waals surface area contributed by atoms with Gasteiger partial charge in [0.15, 0.2) is 0 Å². The van der Waals surface area contributed by atoms with Crippen molar-refractivity contribution in [1.82, 2.24) is 4.31 Å². The van der Waals surface area contributed by atoms with Gasteiger partial charge in [0.2, 0.25) is 10.0 Å². The Morgan fingerprint density at radius 3 is 2.36 bits per heavy atom. The summed E-state index contributed by atoms with van der Waals surface area (Å²) in [5.74, 6) is -0.936. The smallest absolute Gasteiger partial charge is 0.256 e. The molecule has 1 aromatic heterocycles. The number of anilines is 1. The number of nitrogens with one attached hydrogen (secondary N) is 1. The van der Waals surface area contributed by atoms with Gasteiger partial charge < -0.3 is 11.1 Å². The van der Waals surface area contributed by atoms with Gasteiger partial charge in [-0.25, -0.2) is 8.42 Å². The van der Waals surface area contributed by atoms with Crippen LogP contribution in [-0.2, 0) is 22.9 Å². The minimum absolute atomic E-state index is 0.180. The number of nitrogens with two attached hydrogens (primary N) is 1. The first-order valence-corrected chi connectivity index (χ1v) is 11.5. The fourth-order valence-electron chi connectivity index (χ4n) is 3.78. The normalized spacial score (nSPS) is 16.9. The molecule has 4 rings (SSSR count). The quantitative estimate of drug-likeness (QED) is 0.775. The molecule has 28 heavy (non-hydrogen) atoms. The summed E-state index contributed by atoms with van der Waals surface area (Å²) in [4.78, 5) is 25.7. The second kappa shape index (κ2) is 7.31. The van der Waals surface area contributed by atoms with Crippen LogP contribution >= 0.6 is 11.3 Å². The van der Waals surface area contributed by atoms with E-state index in [1.54, 1.807) is 0 Å². The summed E-state index contributed by atoms with van der Waals surface area (Å²) in [7, 11) is -3.51. The Morgan fingerprint density at radius 1 is 1.04 bits per heavy atom. The van der Waals surface area contributed by atoms with E-state index in [1.165, 1.54) is 39.9 Å². The maximum absolute atomic E-state index is 12.6. The molecule has 2 aliphatic rings. The molecule has 2 amide bonds. The van der Waals surface area contributed by atoms with Gasteiger partial charge in [-0.1, -0.05) is 0 Å². The van der Waals surface area contributed by atoms with E-state index in [0.29, 0.717) is 29.2 Å². The molecule has 0 atom stereocenters. The highest BCUT2D eigenvalue weighted by atomic mass is 32.2. The Kier molecular flexibility index (Phi) is 4.98. The molecular formula is C19H21N3O4S2. The Labute approximate surface area is 167 Å². The van der Waals surface area contributed by atoms with Gasteiger partial charge in [0.05, 0.1) is 10.5 Å². The molecule has 0 bridgehead atoms. The van der Waals surface area contributed by atoms with Crippen molar-refractivity contribution in [2.45, 2.75) is 37.0 Å². The van der Waals surface area contributed by atoms with Gasteiger partial charge in [0.1, 0.15) is 5.00 Å². The van der Waals surface area contributed by atoms with E-state index in [9.17, 15) is 18.0 Å². The average molecular weight is 420 g/mol. The first-order valence-electron chi connectivity index (χ1n) is 9.24. The molecule has 1 aromatic carbocycles. The van der Waals surface area contributed by atoms with Crippen molar-refractivity contribution in [3.63, 3.8) is 0 Å². The third-order valence-corrected chi connectivity index (χ3v) is 8.33. The summed E-state index contributed by atoms with van der Waals surface area (Å²) in [6.07, 6.45) is 4.41. The second-order valence-corrected chi connectivity index (χ2v) is 10.1. The number of sulfonamides is 1. The minimum Gasteiger partial charge on any atom is -0.365 e. The standard InChI is InChI=1S/C19H21N3O4S2/c20-17(23)16-14-4-3-5-15(14)27-19(16)21-18(24)12-6-8-13(9-7-12)28(25,26)22-10-1-2-11-22/h6-9H,1-5,10-11H2,(H2,20,23)(H,21,24). The average Bonchev–Trinajstić information content (AvgIpc) is 3.38. The van der Waals surface area contributed by atoms with Crippen LogP contribution in [0.25, 0.3) is 0 Å². The Bertz CT molecular complexity index is 1040. The van der Waals surface area contributed by atoms with Crippen LogP contribution in [0.15, 0.2) is 29.2 Å². The van der Waals surface area contributed by atoms with Crippen LogP contribution in [0, 0.1) is 0 Å². The van der Waals surface area contributed by atoms with Gasteiger partial charge in [-0.3, -0.25) is 9.59 Å². The number of aryl methyl sites for hydroxylation is 1. The largest absolute Gasteiger partial charge is 0.365 e. The highest BCUT2D eigenvalue weighted by Crippen LogP contribution is 2.39. The molecule has 0 spiro atoms. The van der Waals surface area contributed by atoms with Crippen LogP contribution in [0.1, 0.15) is 50.4 Å². The number of fused-ring (bicyclic) bond motifs is 1. The first kappa shape index (κ1) is 19.1. The van der Waals surface area contributed by atoms with Crippen molar-refractivity contribution < 1.29 is 18.0 Å². The predicted octanol–water partition coefficient (Wildman–Crippen LogP) is 2.37. The van der Waals surface area contributed by atoms with Crippen molar-refractivity contribution in [3.05, 3.63) is 45.8 Å². The van der Waals surface area contributed by atoms with Gasteiger partial charge in [-0.2, -0.15) is 4.31 Å². The van der Waals surface area contributed by atoms with Crippen LogP contribution in [0.2, 0.25) is 0 Å². The van der Waals surface area contributed by atoms with Crippen LogP contribution in [0.3, 0.4) is 0 Å². The van der Waals surface area contributed by atoms with E-state index in [4.69, 9.17) is 5.73 Å². The zero-order valence-electron chi connectivity index (χ0n) is 15.2. The lowest BCUT2D eigenvalue weighted by Crippen LogP contribution is -2.27. The fourth-order valence-corrected chi connectivity index (χ4v) is 6.59. The minimum atomic E-state index is -3.51. The predicted molar refractivity (Wildman–Crippen MR) is 107 cm³/mol. The van der Waals surface area contributed by atoms with E-state index in [1.807, 2.05) is 0 Å². The van der Waals surface area contributed by atoms with Gasteiger partial charge in [-0.15, -0.1) is 11.3 Å². The summed E-state index contributed by atoms with van der Waals surface area (Å²) in [6.45, 7) is 1.06. The molecule has 3 N–H and O–H groups in total. The topological polar surface area (TPSA) is 110 Å².